The van der Waals surface area contributed by atoms with Gasteiger partial charge in [0, 0.05) is 47.1 Å². The van der Waals surface area contributed by atoms with E-state index in [4.69, 9.17) is 0 Å². The fourth-order valence-corrected chi connectivity index (χ4v) is 4.85. The average Bonchev–Trinajstić information content (AvgIpc) is 3.05. The number of nitrogens with one attached hydrogen (secondary N) is 1. The highest BCUT2D eigenvalue weighted by molar-refractivity contribution is 5.97. The van der Waals surface area contributed by atoms with Crippen molar-refractivity contribution in [2.24, 2.45) is 5.41 Å². The molecule has 1 aliphatic heterocycles. The Balaban J connectivity index is 1.86. The van der Waals surface area contributed by atoms with Gasteiger partial charge in [-0.05, 0) is 56.9 Å². The highest BCUT2D eigenvalue weighted by Gasteiger charge is 2.52. The van der Waals surface area contributed by atoms with Gasteiger partial charge in [-0.25, -0.2) is 0 Å². The molecule has 0 saturated heterocycles. The van der Waals surface area contributed by atoms with E-state index in [0.717, 1.165) is 35.2 Å². The number of pyridine rings is 1. The number of ketones is 1. The molecular weight excluding hydrogens is 308 g/mol. The molecule has 1 atom stereocenters. The van der Waals surface area contributed by atoms with Crippen LogP contribution in [0.3, 0.4) is 0 Å². The monoisotopic (exact) mass is 332 g/mol. The summed E-state index contributed by atoms with van der Waals surface area (Å²) in [4.78, 5) is 16.7. The summed E-state index contributed by atoms with van der Waals surface area (Å²) in [6, 6.07) is 4.00. The largest absolute Gasteiger partial charge is 0.362 e. The van der Waals surface area contributed by atoms with Crippen LogP contribution in [-0.2, 0) is 4.79 Å². The van der Waals surface area contributed by atoms with E-state index < -0.39 is 0 Å². The minimum Gasteiger partial charge on any atom is -0.362 e. The van der Waals surface area contributed by atoms with Gasteiger partial charge in [-0.15, -0.1) is 0 Å². The van der Waals surface area contributed by atoms with Gasteiger partial charge in [0.05, 0.1) is 0 Å². The van der Waals surface area contributed by atoms with Gasteiger partial charge in [-0.1, -0.05) is 23.8 Å². The average molecular weight is 332 g/mol. The zero-order valence-corrected chi connectivity index (χ0v) is 15.4. The Bertz CT molecular complexity index is 887. The fraction of sp³-hybridized carbons (Fsp3) is 0.364. The summed E-state index contributed by atoms with van der Waals surface area (Å²) < 4.78 is 0. The van der Waals surface area contributed by atoms with Crippen molar-refractivity contribution in [1.82, 2.24) is 10.3 Å². The van der Waals surface area contributed by atoms with Gasteiger partial charge in [0.1, 0.15) is 0 Å². The maximum Gasteiger partial charge on any atom is 0.158 e. The molecule has 1 aromatic rings. The third kappa shape index (κ3) is 2.18. The molecule has 2 aliphatic carbocycles. The molecule has 0 fully saturated rings. The molecule has 0 saturated carbocycles. The molecule has 3 aliphatic rings. The zero-order valence-electron chi connectivity index (χ0n) is 15.4. The van der Waals surface area contributed by atoms with Gasteiger partial charge in [0.2, 0.25) is 0 Å². The van der Waals surface area contributed by atoms with Gasteiger partial charge in [-0.3, -0.25) is 9.78 Å². The molecule has 25 heavy (non-hydrogen) atoms. The summed E-state index contributed by atoms with van der Waals surface area (Å²) in [5, 5.41) is 3.55. The fourth-order valence-electron chi connectivity index (χ4n) is 4.85. The first-order chi connectivity index (χ1) is 11.9. The Morgan fingerprint density at radius 1 is 1.28 bits per heavy atom. The van der Waals surface area contributed by atoms with Crippen LogP contribution < -0.4 is 5.32 Å². The Kier molecular flexibility index (Phi) is 3.40. The van der Waals surface area contributed by atoms with Gasteiger partial charge in [-0.2, -0.15) is 0 Å². The highest BCUT2D eigenvalue weighted by Crippen LogP contribution is 2.64. The van der Waals surface area contributed by atoms with Crippen LogP contribution in [0.1, 0.15) is 52.0 Å². The van der Waals surface area contributed by atoms with Crippen molar-refractivity contribution in [3.63, 3.8) is 0 Å². The number of hydrogen-bond acceptors (Lipinski definition) is 3. The van der Waals surface area contributed by atoms with E-state index in [-0.39, 0.29) is 17.1 Å². The van der Waals surface area contributed by atoms with Crippen LogP contribution in [0.15, 0.2) is 70.4 Å². The predicted molar refractivity (Wildman–Crippen MR) is 99.7 cm³/mol. The molecule has 4 rings (SSSR count). The Labute approximate surface area is 149 Å². The summed E-state index contributed by atoms with van der Waals surface area (Å²) in [5.41, 5.74) is 9.61. The van der Waals surface area contributed by atoms with Crippen molar-refractivity contribution in [1.29, 1.82) is 0 Å². The molecule has 0 radical (unpaired) electrons. The maximum absolute atomic E-state index is 12.4. The summed E-state index contributed by atoms with van der Waals surface area (Å²) in [6.45, 7) is 12.5. The summed E-state index contributed by atoms with van der Waals surface area (Å²) in [7, 11) is 0. The summed E-state index contributed by atoms with van der Waals surface area (Å²) in [6.07, 6.45) is 5.60. The molecule has 0 bridgehead atoms. The van der Waals surface area contributed by atoms with Gasteiger partial charge >= 0.3 is 0 Å². The van der Waals surface area contributed by atoms with Crippen molar-refractivity contribution in [3.05, 3.63) is 75.9 Å². The quantitative estimate of drug-likeness (QED) is 0.807. The van der Waals surface area contributed by atoms with E-state index in [0.29, 0.717) is 0 Å². The van der Waals surface area contributed by atoms with E-state index in [1.807, 2.05) is 19.2 Å². The lowest BCUT2D eigenvalue weighted by Crippen LogP contribution is -2.34. The summed E-state index contributed by atoms with van der Waals surface area (Å²) in [5.74, 6) is 0.0436. The van der Waals surface area contributed by atoms with E-state index in [1.54, 1.807) is 13.1 Å². The third-order valence-corrected chi connectivity index (χ3v) is 6.35. The minimum atomic E-state index is -0.0633. The molecule has 1 unspecified atom stereocenters. The van der Waals surface area contributed by atoms with Gasteiger partial charge < -0.3 is 5.32 Å². The second-order valence-corrected chi connectivity index (χ2v) is 7.62. The van der Waals surface area contributed by atoms with Crippen LogP contribution in [0.5, 0.6) is 0 Å². The molecule has 1 aromatic heterocycles. The standard InChI is InChI=1S/C22H24N2O/c1-12-9-22(13(2)14(22)3)10-18-19(12)21(17-7-6-8-23-11-17)20(16(5)25)15(4)24-18/h6-8,11,21,24H,1,9-10H2,2-5H3. The Hall–Kier alpha value is -2.42. The number of hydrogen-bond donors (Lipinski definition) is 1. The van der Waals surface area contributed by atoms with E-state index in [9.17, 15) is 4.79 Å². The molecular formula is C22H24N2O. The molecule has 128 valence electrons. The van der Waals surface area contributed by atoms with Crippen LogP contribution in [-0.4, -0.2) is 10.8 Å². The number of carbonyl (C=O) groups is 1. The van der Waals surface area contributed by atoms with Crippen LogP contribution in [0.4, 0.5) is 0 Å². The SMILES string of the molecule is C=C1CC2(CC3=C1C(c1cccnc1)C(C(C)=O)=C(C)N3)C(C)=C2C. The second-order valence-electron chi connectivity index (χ2n) is 7.62. The molecule has 1 N–H and O–H groups in total. The number of carbonyl (C=O) groups excluding carboxylic acids is 1. The Morgan fingerprint density at radius 3 is 2.56 bits per heavy atom. The van der Waals surface area contributed by atoms with E-state index >= 15 is 0 Å². The van der Waals surface area contributed by atoms with Crippen LogP contribution >= 0.6 is 0 Å². The third-order valence-electron chi connectivity index (χ3n) is 6.35. The molecule has 0 aromatic carbocycles. The van der Waals surface area contributed by atoms with E-state index in [2.05, 4.69) is 36.8 Å². The van der Waals surface area contributed by atoms with Crippen molar-refractivity contribution < 1.29 is 4.79 Å². The molecule has 0 amide bonds. The number of dihydropyridines is 1. The maximum atomic E-state index is 12.4. The van der Waals surface area contributed by atoms with Crippen LogP contribution in [0.2, 0.25) is 0 Å². The minimum absolute atomic E-state index is 0.0633. The highest BCUT2D eigenvalue weighted by atomic mass is 16.1. The lowest BCUT2D eigenvalue weighted by atomic mass is 9.68. The van der Waals surface area contributed by atoms with E-state index in [1.165, 1.54) is 22.4 Å². The number of rotatable bonds is 2. The zero-order chi connectivity index (χ0) is 17.9. The van der Waals surface area contributed by atoms with Crippen LogP contribution in [0, 0.1) is 5.41 Å². The first kappa shape index (κ1) is 16.1. The predicted octanol–water partition coefficient (Wildman–Crippen LogP) is 4.57. The van der Waals surface area contributed by atoms with Crippen molar-refractivity contribution in [3.8, 4) is 0 Å². The number of aromatic nitrogens is 1. The molecule has 3 heteroatoms. The first-order valence-electron chi connectivity index (χ1n) is 8.85. The molecule has 3 nitrogen and oxygen atoms in total. The number of allylic oxidation sites excluding steroid dienone is 7. The normalized spacial score (nSPS) is 24.5. The Morgan fingerprint density at radius 2 is 2.00 bits per heavy atom. The van der Waals surface area contributed by atoms with Gasteiger partial charge in [0.15, 0.2) is 5.78 Å². The first-order valence-corrected chi connectivity index (χ1v) is 8.85. The number of nitrogens with zero attached hydrogens (tertiary/aromatic N) is 1. The smallest absolute Gasteiger partial charge is 0.158 e. The summed E-state index contributed by atoms with van der Waals surface area (Å²) >= 11 is 0. The van der Waals surface area contributed by atoms with Crippen molar-refractivity contribution >= 4 is 5.78 Å². The van der Waals surface area contributed by atoms with Crippen molar-refractivity contribution in [2.45, 2.75) is 46.5 Å². The van der Waals surface area contributed by atoms with Crippen molar-refractivity contribution in [2.75, 3.05) is 0 Å². The molecule has 2 heterocycles. The van der Waals surface area contributed by atoms with Crippen LogP contribution in [0.25, 0.3) is 0 Å². The molecule has 1 spiro atoms. The number of Topliss-reactive ketones (excluding diaryl/α,β-unsaturated/α-hetero) is 1. The van der Waals surface area contributed by atoms with Gasteiger partial charge in [0.25, 0.3) is 0 Å². The second kappa shape index (κ2) is 5.29. The topological polar surface area (TPSA) is 42.0 Å². The lowest BCUT2D eigenvalue weighted by Gasteiger charge is -2.40. The lowest BCUT2D eigenvalue weighted by molar-refractivity contribution is -0.113.